The number of piperidine rings is 1. The first-order chi connectivity index (χ1) is 18.1. The minimum Gasteiger partial charge on any atom is -0.481 e. The molecule has 0 unspecified atom stereocenters. The van der Waals surface area contributed by atoms with Crippen molar-refractivity contribution in [3.8, 4) is 11.9 Å². The molecule has 0 N–H and O–H groups in total. The second-order valence-electron chi connectivity index (χ2n) is 10.9. The molecule has 0 spiro atoms. The molecule has 6 rings (SSSR count). The summed E-state index contributed by atoms with van der Waals surface area (Å²) in [6.45, 7) is 3.12. The SMILES string of the molecule is COc1cccc(C2(C#N)CCN(Cc3cc4c(c5ccccc35)CN(C3CCCCC3)C4=O)CC2)n1. The summed E-state index contributed by atoms with van der Waals surface area (Å²) in [7, 11) is 1.60. The lowest BCUT2D eigenvalue weighted by Crippen LogP contribution is -2.42. The predicted molar refractivity (Wildman–Crippen MR) is 143 cm³/mol. The molecule has 190 valence electrons. The van der Waals surface area contributed by atoms with Gasteiger partial charge in [0.1, 0.15) is 5.41 Å². The van der Waals surface area contributed by atoms with Gasteiger partial charge in [-0.2, -0.15) is 5.26 Å². The Kier molecular flexibility index (Phi) is 6.34. The highest BCUT2D eigenvalue weighted by atomic mass is 16.5. The number of likely N-dealkylation sites (tertiary alicyclic amines) is 1. The summed E-state index contributed by atoms with van der Waals surface area (Å²) in [6, 6.07) is 19.4. The van der Waals surface area contributed by atoms with E-state index in [9.17, 15) is 10.1 Å². The van der Waals surface area contributed by atoms with Crippen LogP contribution in [0.25, 0.3) is 10.8 Å². The number of ether oxygens (including phenoxy) is 1. The number of nitriles is 1. The van der Waals surface area contributed by atoms with Crippen LogP contribution in [0.4, 0.5) is 0 Å². The summed E-state index contributed by atoms with van der Waals surface area (Å²) in [6.07, 6.45) is 7.43. The molecular formula is C31H34N4O2. The normalized spacial score (nSPS) is 20.1. The number of methoxy groups -OCH3 is 1. The lowest BCUT2D eigenvalue weighted by atomic mass is 9.76. The van der Waals surface area contributed by atoms with E-state index < -0.39 is 5.41 Å². The second kappa shape index (κ2) is 9.79. The molecule has 0 radical (unpaired) electrons. The van der Waals surface area contributed by atoms with Gasteiger partial charge in [-0.1, -0.05) is 49.6 Å². The number of amides is 1. The molecule has 2 fully saturated rings. The molecule has 37 heavy (non-hydrogen) atoms. The smallest absolute Gasteiger partial charge is 0.254 e. The van der Waals surface area contributed by atoms with Gasteiger partial charge in [0.15, 0.2) is 0 Å². The minimum atomic E-state index is -0.596. The highest BCUT2D eigenvalue weighted by Crippen LogP contribution is 2.38. The van der Waals surface area contributed by atoms with Crippen molar-refractivity contribution in [3.05, 3.63) is 70.9 Å². The molecule has 2 aliphatic heterocycles. The Hall–Kier alpha value is -3.43. The average molecular weight is 495 g/mol. The number of nitrogens with zero attached hydrogens (tertiary/aromatic N) is 4. The molecule has 2 aromatic carbocycles. The number of aromatic nitrogens is 1. The number of benzene rings is 2. The third-order valence-electron chi connectivity index (χ3n) is 8.82. The van der Waals surface area contributed by atoms with Crippen molar-refractivity contribution in [2.45, 2.75) is 69.5 Å². The van der Waals surface area contributed by atoms with Gasteiger partial charge in [0.25, 0.3) is 5.91 Å². The summed E-state index contributed by atoms with van der Waals surface area (Å²) >= 11 is 0. The zero-order valence-electron chi connectivity index (χ0n) is 21.6. The maximum absolute atomic E-state index is 13.6. The van der Waals surface area contributed by atoms with Gasteiger partial charge in [0.05, 0.1) is 18.9 Å². The topological polar surface area (TPSA) is 69.5 Å². The first-order valence-corrected chi connectivity index (χ1v) is 13.6. The molecule has 1 amide bonds. The number of fused-ring (bicyclic) bond motifs is 3. The lowest BCUT2D eigenvalue weighted by molar-refractivity contribution is 0.0660. The molecule has 3 heterocycles. The first-order valence-electron chi connectivity index (χ1n) is 13.6. The quantitative estimate of drug-likeness (QED) is 0.463. The molecule has 1 aliphatic carbocycles. The molecule has 1 saturated carbocycles. The number of pyridine rings is 1. The Bertz CT molecular complexity index is 1360. The van der Waals surface area contributed by atoms with Crippen molar-refractivity contribution < 1.29 is 9.53 Å². The number of carbonyl (C=O) groups is 1. The van der Waals surface area contributed by atoms with Crippen LogP contribution in [0.5, 0.6) is 5.88 Å². The summed E-state index contributed by atoms with van der Waals surface area (Å²) in [5.41, 5.74) is 3.49. The van der Waals surface area contributed by atoms with E-state index in [0.29, 0.717) is 11.9 Å². The minimum absolute atomic E-state index is 0.208. The van der Waals surface area contributed by atoms with Gasteiger partial charge in [-0.05, 0) is 59.7 Å². The van der Waals surface area contributed by atoms with Crippen LogP contribution in [-0.2, 0) is 18.5 Å². The zero-order chi connectivity index (χ0) is 25.4. The molecule has 3 aliphatic rings. The van der Waals surface area contributed by atoms with E-state index in [1.54, 1.807) is 7.11 Å². The van der Waals surface area contributed by atoms with Crippen LogP contribution in [0.15, 0.2) is 48.5 Å². The fourth-order valence-corrected chi connectivity index (χ4v) is 6.64. The Morgan fingerprint density at radius 2 is 1.81 bits per heavy atom. The van der Waals surface area contributed by atoms with Crippen LogP contribution in [0.2, 0.25) is 0 Å². The maximum Gasteiger partial charge on any atom is 0.254 e. The van der Waals surface area contributed by atoms with E-state index in [1.807, 2.05) is 18.2 Å². The number of rotatable bonds is 5. The highest BCUT2D eigenvalue weighted by molar-refractivity contribution is 6.05. The van der Waals surface area contributed by atoms with E-state index in [4.69, 9.17) is 4.74 Å². The van der Waals surface area contributed by atoms with Crippen LogP contribution in [0.3, 0.4) is 0 Å². The van der Waals surface area contributed by atoms with Crippen LogP contribution >= 0.6 is 0 Å². The molecule has 0 bridgehead atoms. The van der Waals surface area contributed by atoms with Crippen molar-refractivity contribution in [1.82, 2.24) is 14.8 Å². The molecule has 6 heteroatoms. The summed E-state index contributed by atoms with van der Waals surface area (Å²) < 4.78 is 5.31. The monoisotopic (exact) mass is 494 g/mol. The third-order valence-corrected chi connectivity index (χ3v) is 8.82. The Balaban J connectivity index is 1.25. The van der Waals surface area contributed by atoms with E-state index in [-0.39, 0.29) is 5.91 Å². The van der Waals surface area contributed by atoms with Gasteiger partial charge >= 0.3 is 0 Å². The molecule has 3 aromatic rings. The van der Waals surface area contributed by atoms with Crippen molar-refractivity contribution >= 4 is 16.7 Å². The number of hydrogen-bond acceptors (Lipinski definition) is 5. The van der Waals surface area contributed by atoms with Gasteiger partial charge in [-0.3, -0.25) is 9.69 Å². The van der Waals surface area contributed by atoms with Gasteiger partial charge in [0.2, 0.25) is 5.88 Å². The van der Waals surface area contributed by atoms with Gasteiger partial charge < -0.3 is 9.64 Å². The molecule has 1 aromatic heterocycles. The van der Waals surface area contributed by atoms with Crippen LogP contribution in [0, 0.1) is 11.3 Å². The van der Waals surface area contributed by atoms with Gasteiger partial charge in [-0.15, -0.1) is 0 Å². The summed E-state index contributed by atoms with van der Waals surface area (Å²) in [5.74, 6) is 0.756. The van der Waals surface area contributed by atoms with Crippen molar-refractivity contribution in [3.63, 3.8) is 0 Å². The standard InChI is InChI=1S/C31H34N4O2/c1-37-29-13-7-12-28(33-29)31(21-32)14-16-34(17-15-31)19-22-18-26-27(25-11-6-5-10-24(22)25)20-35(30(26)36)23-8-3-2-4-9-23/h5-7,10-13,18,23H,2-4,8-9,14-17,19-20H2,1H3. The molecule has 6 nitrogen and oxygen atoms in total. The Morgan fingerprint density at radius 3 is 2.54 bits per heavy atom. The number of hydrogen-bond donors (Lipinski definition) is 0. The predicted octanol–water partition coefficient (Wildman–Crippen LogP) is 5.59. The zero-order valence-corrected chi connectivity index (χ0v) is 21.6. The molecular weight excluding hydrogens is 460 g/mol. The average Bonchev–Trinajstić information content (AvgIpc) is 3.30. The first kappa shape index (κ1) is 23.9. The molecule has 1 saturated heterocycles. The fraction of sp³-hybridized carbons (Fsp3) is 0.452. The lowest BCUT2D eigenvalue weighted by Gasteiger charge is -2.37. The van der Waals surface area contributed by atoms with Gasteiger partial charge in [0, 0.05) is 43.9 Å². The van der Waals surface area contributed by atoms with Gasteiger partial charge in [-0.25, -0.2) is 4.98 Å². The molecule has 0 atom stereocenters. The van der Waals surface area contributed by atoms with Crippen molar-refractivity contribution in [2.75, 3.05) is 20.2 Å². The van der Waals surface area contributed by atoms with Crippen molar-refractivity contribution in [2.24, 2.45) is 0 Å². The largest absolute Gasteiger partial charge is 0.481 e. The van der Waals surface area contributed by atoms with Crippen LogP contribution in [0.1, 0.15) is 72.1 Å². The highest BCUT2D eigenvalue weighted by Gasteiger charge is 2.39. The van der Waals surface area contributed by atoms with Crippen LogP contribution in [-0.4, -0.2) is 46.9 Å². The Labute approximate surface area is 218 Å². The Morgan fingerprint density at radius 1 is 1.05 bits per heavy atom. The third kappa shape index (κ3) is 4.26. The summed E-state index contributed by atoms with van der Waals surface area (Å²) in [4.78, 5) is 22.7. The van der Waals surface area contributed by atoms with E-state index in [1.165, 1.54) is 41.2 Å². The van der Waals surface area contributed by atoms with Crippen LogP contribution < -0.4 is 4.74 Å². The van der Waals surface area contributed by atoms with E-state index in [0.717, 1.165) is 63.1 Å². The second-order valence-corrected chi connectivity index (χ2v) is 10.9. The fourth-order valence-electron chi connectivity index (χ4n) is 6.64. The number of carbonyl (C=O) groups excluding carboxylic acids is 1. The van der Waals surface area contributed by atoms with E-state index >= 15 is 0 Å². The summed E-state index contributed by atoms with van der Waals surface area (Å²) in [5, 5.41) is 12.6. The maximum atomic E-state index is 13.6. The van der Waals surface area contributed by atoms with Crippen molar-refractivity contribution in [1.29, 1.82) is 5.26 Å². The van der Waals surface area contributed by atoms with E-state index in [2.05, 4.69) is 51.2 Å².